The third-order valence-corrected chi connectivity index (χ3v) is 6.75. The highest BCUT2D eigenvalue weighted by Gasteiger charge is 2.31. The van der Waals surface area contributed by atoms with Crippen LogP contribution in [0.2, 0.25) is 0 Å². The number of aryl methyl sites for hydroxylation is 1. The molecule has 2 aromatic rings. The molecule has 130 valence electrons. The van der Waals surface area contributed by atoms with Gasteiger partial charge >= 0.3 is 0 Å². The summed E-state index contributed by atoms with van der Waals surface area (Å²) in [5, 5.41) is 4.46. The molecule has 1 saturated heterocycles. The summed E-state index contributed by atoms with van der Waals surface area (Å²) in [5.74, 6) is 0. The summed E-state index contributed by atoms with van der Waals surface area (Å²) in [5.41, 5.74) is 2.26. The van der Waals surface area contributed by atoms with Crippen LogP contribution in [-0.4, -0.2) is 48.8 Å². The first-order valence-corrected chi connectivity index (χ1v) is 9.99. The van der Waals surface area contributed by atoms with Crippen molar-refractivity contribution in [3.05, 3.63) is 45.7 Å². The molecule has 1 aliphatic rings. The molecule has 3 rings (SSSR count). The highest BCUT2D eigenvalue weighted by molar-refractivity contribution is 9.10. The fraction of sp³-hybridized carbons (Fsp3) is 0.438. The Labute approximate surface area is 150 Å². The van der Waals surface area contributed by atoms with Gasteiger partial charge in [-0.1, -0.05) is 28.1 Å². The van der Waals surface area contributed by atoms with Crippen LogP contribution in [0, 0.1) is 13.8 Å². The molecule has 0 bridgehead atoms. The van der Waals surface area contributed by atoms with E-state index in [1.807, 2.05) is 31.2 Å². The molecule has 0 spiro atoms. The molecule has 8 heteroatoms. The Balaban J connectivity index is 1.94. The lowest BCUT2D eigenvalue weighted by atomic mass is 10.2. The van der Waals surface area contributed by atoms with E-state index in [-0.39, 0.29) is 0 Å². The zero-order valence-corrected chi connectivity index (χ0v) is 16.1. The molecule has 0 radical (unpaired) electrons. The average molecular weight is 414 g/mol. The first-order chi connectivity index (χ1) is 11.4. The van der Waals surface area contributed by atoms with Gasteiger partial charge in [0.25, 0.3) is 0 Å². The number of nitrogens with zero attached hydrogens (tertiary/aromatic N) is 3. The monoisotopic (exact) mass is 413 g/mol. The van der Waals surface area contributed by atoms with E-state index in [0.717, 1.165) is 10.0 Å². The Hall–Kier alpha value is -1.22. The predicted octanol–water partition coefficient (Wildman–Crippen LogP) is 2.33. The number of sulfonamides is 1. The Morgan fingerprint density at radius 1 is 1.25 bits per heavy atom. The van der Waals surface area contributed by atoms with Crippen molar-refractivity contribution in [2.75, 3.05) is 26.3 Å². The van der Waals surface area contributed by atoms with Crippen LogP contribution in [-0.2, 0) is 21.3 Å². The van der Waals surface area contributed by atoms with Gasteiger partial charge in [0.05, 0.1) is 31.1 Å². The fourth-order valence-electron chi connectivity index (χ4n) is 2.93. The van der Waals surface area contributed by atoms with E-state index in [1.54, 1.807) is 11.6 Å². The Bertz CT molecular complexity index is 842. The number of aromatic nitrogens is 2. The van der Waals surface area contributed by atoms with E-state index >= 15 is 0 Å². The van der Waals surface area contributed by atoms with E-state index < -0.39 is 10.0 Å². The van der Waals surface area contributed by atoms with Crippen molar-refractivity contribution >= 4 is 26.0 Å². The SMILES string of the molecule is Cc1nn(Cc2cccc(Br)c2)c(C)c1S(=O)(=O)N1CCOCC1. The quantitative estimate of drug-likeness (QED) is 0.771. The lowest BCUT2D eigenvalue weighted by molar-refractivity contribution is 0.0730. The van der Waals surface area contributed by atoms with Crippen molar-refractivity contribution < 1.29 is 13.2 Å². The number of morpholine rings is 1. The van der Waals surface area contributed by atoms with Crippen molar-refractivity contribution in [3.63, 3.8) is 0 Å². The maximum absolute atomic E-state index is 13.0. The molecule has 6 nitrogen and oxygen atoms in total. The second-order valence-electron chi connectivity index (χ2n) is 5.80. The predicted molar refractivity (Wildman–Crippen MR) is 94.5 cm³/mol. The topological polar surface area (TPSA) is 64.4 Å². The normalized spacial score (nSPS) is 16.5. The smallest absolute Gasteiger partial charge is 0.246 e. The number of halogens is 1. The number of benzene rings is 1. The largest absolute Gasteiger partial charge is 0.379 e. The number of rotatable bonds is 4. The van der Waals surface area contributed by atoms with Crippen LogP contribution in [0.5, 0.6) is 0 Å². The van der Waals surface area contributed by atoms with Crippen molar-refractivity contribution in [2.24, 2.45) is 0 Å². The molecular formula is C16H20BrN3O3S. The van der Waals surface area contributed by atoms with Crippen molar-refractivity contribution in [2.45, 2.75) is 25.3 Å². The summed E-state index contributed by atoms with van der Waals surface area (Å²) in [7, 11) is -3.54. The van der Waals surface area contributed by atoms with Gasteiger partial charge in [-0.25, -0.2) is 8.42 Å². The van der Waals surface area contributed by atoms with E-state index in [4.69, 9.17) is 4.74 Å². The van der Waals surface area contributed by atoms with Crippen LogP contribution in [0.15, 0.2) is 33.6 Å². The van der Waals surface area contributed by atoms with Crippen LogP contribution in [0.3, 0.4) is 0 Å². The molecule has 0 unspecified atom stereocenters. The van der Waals surface area contributed by atoms with Crippen LogP contribution >= 0.6 is 15.9 Å². The fourth-order valence-corrected chi connectivity index (χ4v) is 5.16. The van der Waals surface area contributed by atoms with Crippen molar-refractivity contribution in [1.29, 1.82) is 0 Å². The standard InChI is InChI=1S/C16H20BrN3O3S/c1-12-16(24(21,22)19-6-8-23-9-7-19)13(2)20(18-12)11-14-4-3-5-15(17)10-14/h3-5,10H,6-9,11H2,1-2H3. The number of ether oxygens (including phenoxy) is 1. The molecule has 24 heavy (non-hydrogen) atoms. The van der Waals surface area contributed by atoms with Crippen LogP contribution in [0.1, 0.15) is 17.0 Å². The molecule has 1 aliphatic heterocycles. The highest BCUT2D eigenvalue weighted by atomic mass is 79.9. The third kappa shape index (κ3) is 3.42. The number of hydrogen-bond donors (Lipinski definition) is 0. The number of hydrogen-bond acceptors (Lipinski definition) is 4. The summed E-state index contributed by atoms with van der Waals surface area (Å²) in [6, 6.07) is 7.92. The second kappa shape index (κ2) is 6.95. The highest BCUT2D eigenvalue weighted by Crippen LogP contribution is 2.25. The molecule has 0 aliphatic carbocycles. The summed E-state index contributed by atoms with van der Waals surface area (Å²) in [6.07, 6.45) is 0. The second-order valence-corrected chi connectivity index (χ2v) is 8.59. The lowest BCUT2D eigenvalue weighted by Gasteiger charge is -2.26. The Morgan fingerprint density at radius 3 is 2.62 bits per heavy atom. The van der Waals surface area contributed by atoms with Gasteiger partial charge in [-0.15, -0.1) is 0 Å². The maximum atomic E-state index is 13.0. The Kier molecular flexibility index (Phi) is 5.10. The lowest BCUT2D eigenvalue weighted by Crippen LogP contribution is -2.41. The van der Waals surface area contributed by atoms with E-state index in [9.17, 15) is 8.42 Å². The van der Waals surface area contributed by atoms with Gasteiger partial charge in [0, 0.05) is 17.6 Å². The van der Waals surface area contributed by atoms with Gasteiger partial charge in [0.2, 0.25) is 10.0 Å². The molecule has 0 atom stereocenters. The van der Waals surface area contributed by atoms with Gasteiger partial charge in [-0.05, 0) is 31.5 Å². The summed E-state index contributed by atoms with van der Waals surface area (Å²) < 4.78 is 35.4. The van der Waals surface area contributed by atoms with Crippen LogP contribution in [0.25, 0.3) is 0 Å². The van der Waals surface area contributed by atoms with Gasteiger partial charge in [-0.2, -0.15) is 9.40 Å². The zero-order valence-electron chi connectivity index (χ0n) is 13.7. The Morgan fingerprint density at radius 2 is 1.96 bits per heavy atom. The molecule has 0 N–H and O–H groups in total. The van der Waals surface area contributed by atoms with Gasteiger partial charge in [0.1, 0.15) is 4.90 Å². The average Bonchev–Trinajstić information content (AvgIpc) is 2.82. The molecular weight excluding hydrogens is 394 g/mol. The first kappa shape index (κ1) is 17.6. The van der Waals surface area contributed by atoms with Crippen molar-refractivity contribution in [1.82, 2.24) is 14.1 Å². The molecule has 0 amide bonds. The molecule has 1 fully saturated rings. The summed E-state index contributed by atoms with van der Waals surface area (Å²) in [4.78, 5) is 0.319. The molecule has 2 heterocycles. The van der Waals surface area contributed by atoms with Gasteiger partial charge < -0.3 is 4.74 Å². The summed E-state index contributed by atoms with van der Waals surface area (Å²) in [6.45, 7) is 5.73. The van der Waals surface area contributed by atoms with Crippen LogP contribution in [0.4, 0.5) is 0 Å². The maximum Gasteiger partial charge on any atom is 0.246 e. The minimum Gasteiger partial charge on any atom is -0.379 e. The molecule has 0 saturated carbocycles. The zero-order chi connectivity index (χ0) is 17.3. The molecule has 1 aromatic carbocycles. The van der Waals surface area contributed by atoms with Crippen molar-refractivity contribution in [3.8, 4) is 0 Å². The van der Waals surface area contributed by atoms with Gasteiger partial charge in [0.15, 0.2) is 0 Å². The molecule has 1 aromatic heterocycles. The minimum atomic E-state index is -3.54. The van der Waals surface area contributed by atoms with E-state index in [0.29, 0.717) is 49.1 Å². The third-order valence-electron chi connectivity index (χ3n) is 4.10. The van der Waals surface area contributed by atoms with Crippen LogP contribution < -0.4 is 0 Å². The first-order valence-electron chi connectivity index (χ1n) is 7.76. The minimum absolute atomic E-state index is 0.319. The summed E-state index contributed by atoms with van der Waals surface area (Å²) >= 11 is 3.45. The van der Waals surface area contributed by atoms with E-state index in [1.165, 1.54) is 4.31 Å². The van der Waals surface area contributed by atoms with E-state index in [2.05, 4.69) is 21.0 Å². The van der Waals surface area contributed by atoms with Gasteiger partial charge in [-0.3, -0.25) is 4.68 Å².